The molecule has 0 aliphatic rings. The smallest absolute Gasteiger partial charge is 0.339 e. The van der Waals surface area contributed by atoms with Crippen LogP contribution in [-0.4, -0.2) is 18.2 Å². The summed E-state index contributed by atoms with van der Waals surface area (Å²) in [6, 6.07) is 16.3. The monoisotopic (exact) mass is 427 g/mol. The predicted molar refractivity (Wildman–Crippen MR) is 102 cm³/mol. The average Bonchev–Trinajstić information content (AvgIpc) is 3.33. The molecule has 2 aromatic carbocycles. The second-order valence-electron chi connectivity index (χ2n) is 5.75. The van der Waals surface area contributed by atoms with Gasteiger partial charge >= 0.3 is 5.97 Å². The maximum atomic E-state index is 12.3. The van der Waals surface area contributed by atoms with Crippen molar-refractivity contribution < 1.29 is 23.2 Å². The van der Waals surface area contributed by atoms with Gasteiger partial charge in [0.15, 0.2) is 5.76 Å². The second kappa shape index (κ2) is 7.28. The molecule has 0 unspecified atom stereocenters. The fourth-order valence-corrected chi connectivity index (χ4v) is 3.01. The van der Waals surface area contributed by atoms with Gasteiger partial charge in [-0.2, -0.15) is 0 Å². The fraction of sp³-hybridized carbons (Fsp3) is 0.100. The Morgan fingerprint density at radius 2 is 1.96 bits per heavy atom. The number of carbonyl (C=O) groups is 1. The lowest BCUT2D eigenvalue weighted by molar-refractivity contribution is 0.0463. The lowest BCUT2D eigenvalue weighted by atomic mass is 10.2. The van der Waals surface area contributed by atoms with E-state index in [4.69, 9.17) is 18.4 Å². The molecule has 0 amide bonds. The van der Waals surface area contributed by atoms with Gasteiger partial charge in [-0.25, -0.2) is 4.79 Å². The Balaban J connectivity index is 1.47. The zero-order valence-corrected chi connectivity index (χ0v) is 15.9. The Kier molecular flexibility index (Phi) is 4.68. The van der Waals surface area contributed by atoms with Crippen LogP contribution in [0.3, 0.4) is 0 Å². The molecule has 0 N–H and O–H groups in total. The quantitative estimate of drug-likeness (QED) is 0.406. The Morgan fingerprint density at radius 3 is 2.78 bits per heavy atom. The first-order valence-electron chi connectivity index (χ1n) is 8.09. The number of para-hydroxylation sites is 1. The van der Waals surface area contributed by atoms with Crippen molar-refractivity contribution in [3.8, 4) is 17.3 Å². The molecule has 4 aromatic rings. The molecule has 0 bridgehead atoms. The number of carbonyl (C=O) groups excluding carboxylic acids is 1. The van der Waals surface area contributed by atoms with Gasteiger partial charge in [0.25, 0.3) is 0 Å². The molecule has 2 aromatic heterocycles. The van der Waals surface area contributed by atoms with Crippen molar-refractivity contribution in [3.63, 3.8) is 0 Å². The van der Waals surface area contributed by atoms with Crippen LogP contribution in [0.4, 0.5) is 0 Å². The molecule has 7 heteroatoms. The van der Waals surface area contributed by atoms with E-state index in [9.17, 15) is 4.79 Å². The summed E-state index contributed by atoms with van der Waals surface area (Å²) >= 11 is 3.33. The number of benzene rings is 2. The summed E-state index contributed by atoms with van der Waals surface area (Å²) in [6.45, 7) is -0.0216. The van der Waals surface area contributed by atoms with Crippen LogP contribution in [0.1, 0.15) is 16.1 Å². The molecule has 6 nitrogen and oxygen atoms in total. The zero-order valence-electron chi connectivity index (χ0n) is 14.3. The molecule has 4 rings (SSSR count). The molecule has 0 fully saturated rings. The van der Waals surface area contributed by atoms with Gasteiger partial charge < -0.3 is 18.4 Å². The number of hydrogen-bond acceptors (Lipinski definition) is 6. The highest BCUT2D eigenvalue weighted by molar-refractivity contribution is 9.10. The van der Waals surface area contributed by atoms with E-state index in [0.717, 1.165) is 11.0 Å². The van der Waals surface area contributed by atoms with Crippen molar-refractivity contribution in [1.82, 2.24) is 5.16 Å². The Bertz CT molecular complexity index is 1080. The largest absolute Gasteiger partial charge is 0.497 e. The van der Waals surface area contributed by atoms with Gasteiger partial charge in [0.05, 0.1) is 12.7 Å². The number of hydrogen-bond donors (Lipinski definition) is 0. The molecular formula is C20H14BrNO5. The lowest BCUT2D eigenvalue weighted by Crippen LogP contribution is -2.06. The maximum absolute atomic E-state index is 12.3. The predicted octanol–water partition coefficient (Wildman–Crippen LogP) is 5.22. The van der Waals surface area contributed by atoms with E-state index in [-0.39, 0.29) is 6.61 Å². The summed E-state index contributed by atoms with van der Waals surface area (Å²) in [7, 11) is 1.54. The first-order chi connectivity index (χ1) is 13.1. The zero-order chi connectivity index (χ0) is 18.8. The van der Waals surface area contributed by atoms with Gasteiger partial charge in [-0.15, -0.1) is 0 Å². The van der Waals surface area contributed by atoms with E-state index in [1.807, 2.05) is 30.3 Å². The standard InChI is InChI=1S/C20H14BrNO5/c1-24-14-6-7-16(21)15(10-14)20(23)25-11-13-9-19(27-22-13)18-8-12-4-2-3-5-17(12)26-18/h2-10H,11H2,1H3. The van der Waals surface area contributed by atoms with Crippen molar-refractivity contribution in [2.75, 3.05) is 7.11 Å². The van der Waals surface area contributed by atoms with Crippen molar-refractivity contribution in [2.24, 2.45) is 0 Å². The van der Waals surface area contributed by atoms with Crippen LogP contribution in [-0.2, 0) is 11.3 Å². The average molecular weight is 428 g/mol. The normalized spacial score (nSPS) is 10.9. The highest BCUT2D eigenvalue weighted by atomic mass is 79.9. The molecule has 27 heavy (non-hydrogen) atoms. The molecule has 0 atom stereocenters. The summed E-state index contributed by atoms with van der Waals surface area (Å²) in [5, 5.41) is 4.91. The number of aromatic nitrogens is 1. The summed E-state index contributed by atoms with van der Waals surface area (Å²) in [5.74, 6) is 1.12. The number of furan rings is 1. The van der Waals surface area contributed by atoms with Gasteiger partial charge in [0.2, 0.25) is 5.76 Å². The molecular weight excluding hydrogens is 414 g/mol. The molecule has 2 heterocycles. The van der Waals surface area contributed by atoms with Crippen molar-refractivity contribution >= 4 is 32.9 Å². The van der Waals surface area contributed by atoms with E-state index in [1.165, 1.54) is 7.11 Å². The first-order valence-corrected chi connectivity index (χ1v) is 8.88. The minimum atomic E-state index is -0.492. The number of rotatable bonds is 5. The number of halogens is 1. The Morgan fingerprint density at radius 1 is 1.11 bits per heavy atom. The molecule has 0 aliphatic carbocycles. The number of esters is 1. The Labute approximate surface area is 162 Å². The summed E-state index contributed by atoms with van der Waals surface area (Å²) in [6.07, 6.45) is 0. The summed E-state index contributed by atoms with van der Waals surface area (Å²) < 4.78 is 22.1. The molecule has 136 valence electrons. The minimum absolute atomic E-state index is 0.0216. The highest BCUT2D eigenvalue weighted by Crippen LogP contribution is 2.28. The summed E-state index contributed by atoms with van der Waals surface area (Å²) in [5.41, 5.74) is 1.62. The topological polar surface area (TPSA) is 74.7 Å². The van der Waals surface area contributed by atoms with Gasteiger partial charge in [-0.3, -0.25) is 0 Å². The summed E-state index contributed by atoms with van der Waals surface area (Å²) in [4.78, 5) is 12.3. The van der Waals surface area contributed by atoms with Crippen LogP contribution in [0, 0.1) is 0 Å². The SMILES string of the molecule is COc1ccc(Br)c(C(=O)OCc2cc(-c3cc4ccccc4o3)on2)c1. The maximum Gasteiger partial charge on any atom is 0.339 e. The first kappa shape index (κ1) is 17.4. The highest BCUT2D eigenvalue weighted by Gasteiger charge is 2.16. The van der Waals surface area contributed by atoms with E-state index < -0.39 is 5.97 Å². The van der Waals surface area contributed by atoms with Crippen LogP contribution < -0.4 is 4.74 Å². The van der Waals surface area contributed by atoms with Crippen LogP contribution >= 0.6 is 15.9 Å². The van der Waals surface area contributed by atoms with Crippen molar-refractivity contribution in [3.05, 3.63) is 70.3 Å². The number of ether oxygens (including phenoxy) is 2. The van der Waals surface area contributed by atoms with E-state index in [0.29, 0.717) is 33.0 Å². The Hall–Kier alpha value is -3.06. The third kappa shape index (κ3) is 3.59. The van der Waals surface area contributed by atoms with Crippen LogP contribution in [0.5, 0.6) is 5.75 Å². The van der Waals surface area contributed by atoms with E-state index >= 15 is 0 Å². The number of nitrogens with zero attached hydrogens (tertiary/aromatic N) is 1. The molecule has 0 spiro atoms. The van der Waals surface area contributed by atoms with Crippen LogP contribution in [0.2, 0.25) is 0 Å². The second-order valence-corrected chi connectivity index (χ2v) is 6.61. The van der Waals surface area contributed by atoms with Gasteiger partial charge in [0.1, 0.15) is 23.6 Å². The van der Waals surface area contributed by atoms with Gasteiger partial charge in [-0.1, -0.05) is 23.4 Å². The minimum Gasteiger partial charge on any atom is -0.497 e. The molecule has 0 aliphatic heterocycles. The van der Waals surface area contributed by atoms with E-state index in [2.05, 4.69) is 21.1 Å². The van der Waals surface area contributed by atoms with Crippen molar-refractivity contribution in [1.29, 1.82) is 0 Å². The van der Waals surface area contributed by atoms with Crippen LogP contribution in [0.15, 0.2) is 68.0 Å². The van der Waals surface area contributed by atoms with E-state index in [1.54, 1.807) is 24.3 Å². The fourth-order valence-electron chi connectivity index (χ4n) is 2.60. The molecule has 0 saturated heterocycles. The van der Waals surface area contributed by atoms with Gasteiger partial charge in [-0.05, 0) is 46.3 Å². The lowest BCUT2D eigenvalue weighted by Gasteiger charge is -2.06. The molecule has 0 radical (unpaired) electrons. The molecule has 0 saturated carbocycles. The van der Waals surface area contributed by atoms with Crippen molar-refractivity contribution in [2.45, 2.75) is 6.61 Å². The number of fused-ring (bicyclic) bond motifs is 1. The third-order valence-corrected chi connectivity index (χ3v) is 4.66. The third-order valence-electron chi connectivity index (χ3n) is 3.97. The van der Waals surface area contributed by atoms with Crippen LogP contribution in [0.25, 0.3) is 22.5 Å². The van der Waals surface area contributed by atoms with Gasteiger partial charge in [0, 0.05) is 15.9 Å². The number of methoxy groups -OCH3 is 1.